The van der Waals surface area contributed by atoms with Gasteiger partial charge in [0.05, 0.1) is 12.2 Å². The van der Waals surface area contributed by atoms with Crippen molar-refractivity contribution in [1.29, 1.82) is 0 Å². The number of carbonyl (C=O) groups is 2. The fourth-order valence-corrected chi connectivity index (χ4v) is 4.06. The molecule has 2 aromatic heterocycles. The Kier molecular flexibility index (Phi) is 7.27. The quantitative estimate of drug-likeness (QED) is 0.638. The van der Waals surface area contributed by atoms with Gasteiger partial charge in [-0.15, -0.1) is 0 Å². The predicted octanol–water partition coefficient (Wildman–Crippen LogP) is 3.98. The summed E-state index contributed by atoms with van der Waals surface area (Å²) in [4.78, 5) is 35.4. The third-order valence-corrected chi connectivity index (χ3v) is 5.85. The number of aryl methyl sites for hydroxylation is 1. The zero-order valence-electron chi connectivity index (χ0n) is 19.0. The van der Waals surface area contributed by atoms with Gasteiger partial charge >= 0.3 is 6.03 Å². The summed E-state index contributed by atoms with van der Waals surface area (Å²) in [6.07, 6.45) is 15.2. The van der Waals surface area contributed by atoms with Crippen LogP contribution in [0.4, 0.5) is 22.2 Å². The average molecular weight is 483 g/mol. The number of aromatic nitrogens is 4. The molecule has 3 amide bonds. The molecule has 0 radical (unpaired) electrons. The molecule has 1 aliphatic carbocycles. The Balaban J connectivity index is 0.000000257. The number of allylic oxidation sites excluding steroid dienone is 3. The molecule has 11 heteroatoms. The molecule has 0 unspecified atom stereocenters. The molecule has 2 aliphatic heterocycles. The van der Waals surface area contributed by atoms with Gasteiger partial charge in [-0.05, 0) is 37.8 Å². The third-order valence-electron chi connectivity index (χ3n) is 5.57. The van der Waals surface area contributed by atoms with Crippen LogP contribution in [0, 0.1) is 0 Å². The first-order valence-electron chi connectivity index (χ1n) is 11.1. The van der Waals surface area contributed by atoms with E-state index in [2.05, 4.69) is 44.4 Å². The van der Waals surface area contributed by atoms with Gasteiger partial charge in [0.15, 0.2) is 5.15 Å². The predicted molar refractivity (Wildman–Crippen MR) is 131 cm³/mol. The van der Waals surface area contributed by atoms with E-state index in [0.717, 1.165) is 50.0 Å². The minimum Gasteiger partial charge on any atom is -0.339 e. The van der Waals surface area contributed by atoms with E-state index in [4.69, 9.17) is 11.6 Å². The van der Waals surface area contributed by atoms with Crippen LogP contribution in [0.15, 0.2) is 49.0 Å². The lowest BCUT2D eigenvalue weighted by molar-refractivity contribution is -0.124. The lowest BCUT2D eigenvalue weighted by atomic mass is 10.1. The van der Waals surface area contributed by atoms with Crippen molar-refractivity contribution in [2.45, 2.75) is 32.2 Å². The smallest absolute Gasteiger partial charge is 0.327 e. The zero-order valence-corrected chi connectivity index (χ0v) is 19.8. The minimum absolute atomic E-state index is 0.0764. The number of amides is 3. The maximum Gasteiger partial charge on any atom is 0.327 e. The second kappa shape index (κ2) is 10.5. The maximum absolute atomic E-state index is 12.4. The molecular formula is C23H27ClN8O2. The third kappa shape index (κ3) is 5.45. The summed E-state index contributed by atoms with van der Waals surface area (Å²) in [6, 6.07) is -0.200. The molecule has 34 heavy (non-hydrogen) atoms. The van der Waals surface area contributed by atoms with Gasteiger partial charge in [0.2, 0.25) is 11.9 Å². The molecule has 3 aliphatic rings. The number of nitrogens with one attached hydrogen (secondary N) is 2. The summed E-state index contributed by atoms with van der Waals surface area (Å²) in [5.74, 6) is 0.922. The molecular weight excluding hydrogens is 456 g/mol. The second-order valence-corrected chi connectivity index (χ2v) is 8.42. The van der Waals surface area contributed by atoms with Gasteiger partial charge in [-0.3, -0.25) is 19.7 Å². The Hall–Kier alpha value is -3.66. The van der Waals surface area contributed by atoms with E-state index in [-0.39, 0.29) is 11.9 Å². The average Bonchev–Trinajstić information content (AvgIpc) is 3.49. The van der Waals surface area contributed by atoms with Crippen molar-refractivity contribution in [3.63, 3.8) is 0 Å². The molecule has 1 fully saturated rings. The van der Waals surface area contributed by atoms with E-state index in [1.54, 1.807) is 29.0 Å². The molecule has 0 saturated carbocycles. The van der Waals surface area contributed by atoms with Crippen LogP contribution in [0.1, 0.15) is 31.2 Å². The first kappa shape index (κ1) is 23.5. The molecule has 0 aromatic carbocycles. The summed E-state index contributed by atoms with van der Waals surface area (Å²) in [6.45, 7) is 5.69. The lowest BCUT2D eigenvalue weighted by Crippen LogP contribution is -2.38. The molecule has 10 nitrogen and oxygen atoms in total. The first-order valence-corrected chi connectivity index (χ1v) is 11.5. The van der Waals surface area contributed by atoms with E-state index in [1.807, 2.05) is 11.0 Å². The maximum atomic E-state index is 12.4. The van der Waals surface area contributed by atoms with Crippen LogP contribution in [0.2, 0.25) is 5.15 Å². The number of carbonyl (C=O) groups excluding carboxylic acids is 2. The number of halogens is 1. The lowest BCUT2D eigenvalue weighted by Gasteiger charge is -2.30. The van der Waals surface area contributed by atoms with Gasteiger partial charge in [0.1, 0.15) is 5.82 Å². The fraction of sp³-hybridized carbons (Fsp3) is 0.348. The summed E-state index contributed by atoms with van der Waals surface area (Å²) in [7, 11) is 1.77. The van der Waals surface area contributed by atoms with E-state index in [9.17, 15) is 9.59 Å². The monoisotopic (exact) mass is 482 g/mol. The number of hydrogen-bond acceptors (Lipinski definition) is 6. The summed E-state index contributed by atoms with van der Waals surface area (Å²) in [5.41, 5.74) is 2.35. The topological polar surface area (TPSA) is 108 Å². The van der Waals surface area contributed by atoms with Crippen molar-refractivity contribution in [2.75, 3.05) is 23.7 Å². The van der Waals surface area contributed by atoms with Crippen molar-refractivity contribution >= 4 is 41.0 Å². The largest absolute Gasteiger partial charge is 0.339 e. The standard InChI is InChI=1S/C16H16ClN7O.C7H11NO/c1-23-9-12(13(17)22-23)19-15-18-7-10-8-24(11-5-3-2-4-6-11)16(25)21-14(10)20-15;1-2-7(9)8-5-3-4-6-8/h3,5-7,9H,2,4,8H2,1H3,(H2,18,19,20,21,25);2H,1,3-6H2. The fourth-order valence-electron chi connectivity index (χ4n) is 3.84. The van der Waals surface area contributed by atoms with Crippen LogP contribution >= 0.6 is 11.6 Å². The van der Waals surface area contributed by atoms with Gasteiger partial charge < -0.3 is 10.2 Å². The van der Waals surface area contributed by atoms with E-state index in [0.29, 0.717) is 29.2 Å². The van der Waals surface area contributed by atoms with E-state index in [1.165, 1.54) is 6.08 Å². The molecule has 0 spiro atoms. The summed E-state index contributed by atoms with van der Waals surface area (Å²) >= 11 is 6.03. The highest BCUT2D eigenvalue weighted by molar-refractivity contribution is 6.32. The number of urea groups is 1. The molecule has 2 N–H and O–H groups in total. The summed E-state index contributed by atoms with van der Waals surface area (Å²) < 4.78 is 1.59. The molecule has 4 heterocycles. The van der Waals surface area contributed by atoms with Crippen molar-refractivity contribution < 1.29 is 9.59 Å². The van der Waals surface area contributed by atoms with Gasteiger partial charge in [-0.2, -0.15) is 10.1 Å². The molecule has 0 atom stereocenters. The molecule has 2 aromatic rings. The van der Waals surface area contributed by atoms with Crippen LogP contribution in [0.5, 0.6) is 0 Å². The normalized spacial score (nSPS) is 16.8. The Morgan fingerprint density at radius 2 is 2.09 bits per heavy atom. The SMILES string of the molecule is C=CC(=O)N1CCCC1.Cn1cc(Nc2ncc3c(n2)NC(=O)N(C2=CCCC=C2)C3)c(Cl)n1. The van der Waals surface area contributed by atoms with E-state index < -0.39 is 0 Å². The highest BCUT2D eigenvalue weighted by Gasteiger charge is 2.26. The number of likely N-dealkylation sites (tertiary alicyclic amines) is 1. The Morgan fingerprint density at radius 1 is 1.29 bits per heavy atom. The Bertz CT molecular complexity index is 1150. The molecule has 0 bridgehead atoms. The number of rotatable bonds is 4. The molecule has 178 valence electrons. The molecule has 1 saturated heterocycles. The number of anilines is 3. The van der Waals surface area contributed by atoms with Gasteiger partial charge in [0.25, 0.3) is 0 Å². The Morgan fingerprint density at radius 3 is 2.74 bits per heavy atom. The summed E-state index contributed by atoms with van der Waals surface area (Å²) in [5, 5.41) is 10.2. The van der Waals surface area contributed by atoms with Crippen molar-refractivity contribution in [3.8, 4) is 0 Å². The van der Waals surface area contributed by atoms with Crippen LogP contribution < -0.4 is 10.6 Å². The van der Waals surface area contributed by atoms with Crippen molar-refractivity contribution in [1.82, 2.24) is 29.5 Å². The zero-order chi connectivity index (χ0) is 24.1. The Labute approximate surface area is 203 Å². The van der Waals surface area contributed by atoms with E-state index >= 15 is 0 Å². The number of hydrogen-bond donors (Lipinski definition) is 2. The number of fused-ring (bicyclic) bond motifs is 1. The highest BCUT2D eigenvalue weighted by Crippen LogP contribution is 2.28. The van der Waals surface area contributed by atoms with Crippen LogP contribution in [-0.4, -0.2) is 54.6 Å². The van der Waals surface area contributed by atoms with Crippen LogP contribution in [0.25, 0.3) is 0 Å². The molecule has 5 rings (SSSR count). The van der Waals surface area contributed by atoms with Crippen LogP contribution in [0.3, 0.4) is 0 Å². The van der Waals surface area contributed by atoms with Gasteiger partial charge in [0, 0.05) is 43.8 Å². The second-order valence-electron chi connectivity index (χ2n) is 8.06. The van der Waals surface area contributed by atoms with Gasteiger partial charge in [-0.25, -0.2) is 9.78 Å². The number of nitrogens with zero attached hydrogens (tertiary/aromatic N) is 6. The first-order chi connectivity index (χ1) is 16.4. The van der Waals surface area contributed by atoms with Crippen LogP contribution in [-0.2, 0) is 18.4 Å². The minimum atomic E-state index is -0.200. The van der Waals surface area contributed by atoms with Crippen molar-refractivity contribution in [2.24, 2.45) is 7.05 Å². The van der Waals surface area contributed by atoms with Gasteiger partial charge in [-0.1, -0.05) is 30.3 Å². The highest BCUT2D eigenvalue weighted by atomic mass is 35.5. The van der Waals surface area contributed by atoms with Crippen molar-refractivity contribution in [3.05, 3.63) is 59.7 Å².